The van der Waals surface area contributed by atoms with Gasteiger partial charge in [-0.05, 0) is 30.5 Å². The molecule has 3 N–H and O–H groups in total. The number of hydrogen-bond donors (Lipinski definition) is 2. The quantitative estimate of drug-likeness (QED) is 0.451. The molecule has 0 atom stereocenters. The van der Waals surface area contributed by atoms with Gasteiger partial charge in [-0.2, -0.15) is 0 Å². The Kier molecular flexibility index (Phi) is 2.22. The molecule has 0 bridgehead atoms. The largest absolute Gasteiger partial charge is 0.454 e. The van der Waals surface area contributed by atoms with Crippen molar-refractivity contribution in [2.75, 3.05) is 6.79 Å². The molecule has 17 heavy (non-hydrogen) atoms. The SMILES string of the molecule is NNC(=O)C1(c2ccc3c(c2)OCO3)CCC1. The maximum atomic E-state index is 11.9. The Balaban J connectivity index is 2.00. The van der Waals surface area contributed by atoms with E-state index in [1.807, 2.05) is 18.2 Å². The molecule has 0 radical (unpaired) electrons. The summed E-state index contributed by atoms with van der Waals surface area (Å²) in [6, 6.07) is 5.65. The lowest BCUT2D eigenvalue weighted by Gasteiger charge is -2.40. The summed E-state index contributed by atoms with van der Waals surface area (Å²) < 4.78 is 10.6. The average Bonchev–Trinajstić information content (AvgIpc) is 2.74. The third kappa shape index (κ3) is 1.39. The van der Waals surface area contributed by atoms with Crippen LogP contribution in [0.15, 0.2) is 18.2 Å². The molecule has 0 unspecified atom stereocenters. The molecule has 1 aromatic carbocycles. The number of carbonyl (C=O) groups excluding carboxylic acids is 1. The van der Waals surface area contributed by atoms with Crippen LogP contribution >= 0.6 is 0 Å². The van der Waals surface area contributed by atoms with Crippen molar-refractivity contribution in [3.63, 3.8) is 0 Å². The molecule has 0 saturated heterocycles. The zero-order valence-corrected chi connectivity index (χ0v) is 9.36. The third-order valence-corrected chi connectivity index (χ3v) is 3.70. The van der Waals surface area contributed by atoms with Crippen molar-refractivity contribution in [3.05, 3.63) is 23.8 Å². The molecular formula is C12H14N2O3. The van der Waals surface area contributed by atoms with Crippen LogP contribution in [0.3, 0.4) is 0 Å². The molecule has 1 aliphatic heterocycles. The molecule has 5 nitrogen and oxygen atoms in total. The number of rotatable bonds is 2. The van der Waals surface area contributed by atoms with Gasteiger partial charge < -0.3 is 9.47 Å². The lowest BCUT2D eigenvalue weighted by Crippen LogP contribution is -2.51. The van der Waals surface area contributed by atoms with Crippen LogP contribution < -0.4 is 20.7 Å². The number of carbonyl (C=O) groups is 1. The summed E-state index contributed by atoms with van der Waals surface area (Å²) in [7, 11) is 0. The minimum atomic E-state index is -0.476. The minimum absolute atomic E-state index is 0.123. The van der Waals surface area contributed by atoms with Gasteiger partial charge >= 0.3 is 0 Å². The molecule has 1 fully saturated rings. The van der Waals surface area contributed by atoms with E-state index >= 15 is 0 Å². The first-order chi connectivity index (χ1) is 8.26. The second kappa shape index (κ2) is 3.63. The maximum Gasteiger partial charge on any atom is 0.244 e. The number of fused-ring (bicyclic) bond motifs is 1. The Morgan fingerprint density at radius 3 is 2.71 bits per heavy atom. The highest BCUT2D eigenvalue weighted by molar-refractivity contribution is 5.89. The van der Waals surface area contributed by atoms with Gasteiger partial charge in [-0.25, -0.2) is 5.84 Å². The fourth-order valence-corrected chi connectivity index (χ4v) is 2.51. The standard InChI is InChI=1S/C12H14N2O3/c13-14-11(15)12(4-1-5-12)8-2-3-9-10(6-8)17-7-16-9/h2-3,6H,1,4-5,7,13H2,(H,14,15). The van der Waals surface area contributed by atoms with Gasteiger partial charge in [-0.3, -0.25) is 10.2 Å². The summed E-state index contributed by atoms with van der Waals surface area (Å²) in [5.41, 5.74) is 2.74. The number of ether oxygens (including phenoxy) is 2. The first-order valence-corrected chi connectivity index (χ1v) is 5.67. The summed E-state index contributed by atoms with van der Waals surface area (Å²) >= 11 is 0. The number of hydrogen-bond acceptors (Lipinski definition) is 4. The van der Waals surface area contributed by atoms with Gasteiger partial charge in [0.2, 0.25) is 12.7 Å². The number of hydrazine groups is 1. The van der Waals surface area contributed by atoms with Crippen LogP contribution in [-0.2, 0) is 10.2 Å². The van der Waals surface area contributed by atoms with Crippen molar-refractivity contribution < 1.29 is 14.3 Å². The van der Waals surface area contributed by atoms with Crippen molar-refractivity contribution in [3.8, 4) is 11.5 Å². The summed E-state index contributed by atoms with van der Waals surface area (Å²) in [5.74, 6) is 6.58. The number of nitrogens with one attached hydrogen (secondary N) is 1. The predicted molar refractivity (Wildman–Crippen MR) is 60.4 cm³/mol. The van der Waals surface area contributed by atoms with Crippen LogP contribution in [0.2, 0.25) is 0 Å². The van der Waals surface area contributed by atoms with E-state index in [0.717, 1.165) is 30.6 Å². The van der Waals surface area contributed by atoms with Gasteiger partial charge in [0.15, 0.2) is 11.5 Å². The summed E-state index contributed by atoms with van der Waals surface area (Å²) in [4.78, 5) is 11.9. The van der Waals surface area contributed by atoms with E-state index in [4.69, 9.17) is 15.3 Å². The Bertz CT molecular complexity index is 469. The Hall–Kier alpha value is -1.75. The highest BCUT2D eigenvalue weighted by Gasteiger charge is 2.45. The molecule has 5 heteroatoms. The van der Waals surface area contributed by atoms with E-state index in [-0.39, 0.29) is 12.7 Å². The average molecular weight is 234 g/mol. The Labute approximate surface area is 98.9 Å². The first kappa shape index (κ1) is 10.4. The van der Waals surface area contributed by atoms with Crippen molar-refractivity contribution in [1.29, 1.82) is 0 Å². The fraction of sp³-hybridized carbons (Fsp3) is 0.417. The van der Waals surface area contributed by atoms with Crippen molar-refractivity contribution >= 4 is 5.91 Å². The van der Waals surface area contributed by atoms with E-state index < -0.39 is 5.41 Å². The monoisotopic (exact) mass is 234 g/mol. The highest BCUT2D eigenvalue weighted by Crippen LogP contribution is 2.46. The van der Waals surface area contributed by atoms with E-state index in [1.54, 1.807) is 0 Å². The molecular weight excluding hydrogens is 220 g/mol. The van der Waals surface area contributed by atoms with Gasteiger partial charge in [-0.15, -0.1) is 0 Å². The molecule has 1 aliphatic carbocycles. The molecule has 90 valence electrons. The van der Waals surface area contributed by atoms with Gasteiger partial charge in [0.05, 0.1) is 5.41 Å². The Morgan fingerprint density at radius 2 is 2.06 bits per heavy atom. The van der Waals surface area contributed by atoms with Crippen LogP contribution in [0.4, 0.5) is 0 Å². The molecule has 1 amide bonds. The molecule has 1 saturated carbocycles. The first-order valence-electron chi connectivity index (χ1n) is 5.67. The van der Waals surface area contributed by atoms with Crippen LogP contribution in [0.25, 0.3) is 0 Å². The van der Waals surface area contributed by atoms with Crippen LogP contribution in [0, 0.1) is 0 Å². The molecule has 1 aromatic rings. The van der Waals surface area contributed by atoms with E-state index in [0.29, 0.717) is 5.75 Å². The van der Waals surface area contributed by atoms with Crippen molar-refractivity contribution in [2.45, 2.75) is 24.7 Å². The Morgan fingerprint density at radius 1 is 1.29 bits per heavy atom. The highest BCUT2D eigenvalue weighted by atomic mass is 16.7. The second-order valence-electron chi connectivity index (χ2n) is 4.48. The summed E-state index contributed by atoms with van der Waals surface area (Å²) in [6.07, 6.45) is 2.70. The van der Waals surface area contributed by atoms with E-state index in [9.17, 15) is 4.79 Å². The van der Waals surface area contributed by atoms with Crippen molar-refractivity contribution in [2.24, 2.45) is 5.84 Å². The zero-order valence-electron chi connectivity index (χ0n) is 9.36. The summed E-state index contributed by atoms with van der Waals surface area (Å²) in [6.45, 7) is 0.245. The van der Waals surface area contributed by atoms with Crippen LogP contribution in [-0.4, -0.2) is 12.7 Å². The lowest BCUT2D eigenvalue weighted by molar-refractivity contribution is -0.130. The molecule has 3 rings (SSSR count). The molecule has 1 heterocycles. The van der Waals surface area contributed by atoms with Gasteiger partial charge in [0.1, 0.15) is 0 Å². The second-order valence-corrected chi connectivity index (χ2v) is 4.48. The number of nitrogens with two attached hydrogens (primary N) is 1. The predicted octanol–water partition coefficient (Wildman–Crippen LogP) is 0.827. The lowest BCUT2D eigenvalue weighted by atomic mass is 9.64. The van der Waals surface area contributed by atoms with Gasteiger partial charge in [0.25, 0.3) is 0 Å². The number of amides is 1. The fourth-order valence-electron chi connectivity index (χ4n) is 2.51. The normalized spacial score (nSPS) is 19.6. The van der Waals surface area contributed by atoms with Crippen LogP contribution in [0.5, 0.6) is 11.5 Å². The van der Waals surface area contributed by atoms with Crippen molar-refractivity contribution in [1.82, 2.24) is 5.43 Å². The summed E-state index contributed by atoms with van der Waals surface area (Å²) in [5, 5.41) is 0. The van der Waals surface area contributed by atoms with Gasteiger partial charge in [-0.1, -0.05) is 12.5 Å². The van der Waals surface area contributed by atoms with E-state index in [1.165, 1.54) is 0 Å². The van der Waals surface area contributed by atoms with Gasteiger partial charge in [0, 0.05) is 0 Å². The number of benzene rings is 1. The zero-order chi connectivity index (χ0) is 11.9. The van der Waals surface area contributed by atoms with Crippen LogP contribution in [0.1, 0.15) is 24.8 Å². The van der Waals surface area contributed by atoms with E-state index in [2.05, 4.69) is 5.43 Å². The smallest absolute Gasteiger partial charge is 0.244 e. The minimum Gasteiger partial charge on any atom is -0.454 e. The molecule has 0 spiro atoms. The molecule has 0 aromatic heterocycles. The third-order valence-electron chi connectivity index (χ3n) is 3.70. The topological polar surface area (TPSA) is 73.6 Å². The maximum absolute atomic E-state index is 11.9. The molecule has 2 aliphatic rings.